The van der Waals surface area contributed by atoms with Gasteiger partial charge in [0.25, 0.3) is 5.91 Å². The highest BCUT2D eigenvalue weighted by atomic mass is 16.2. The van der Waals surface area contributed by atoms with E-state index in [0.717, 1.165) is 43.9 Å². The lowest BCUT2D eigenvalue weighted by atomic mass is 10.1. The maximum Gasteiger partial charge on any atom is 0.253 e. The molecule has 1 aromatic rings. The van der Waals surface area contributed by atoms with Crippen LogP contribution in [0, 0.1) is 24.2 Å². The van der Waals surface area contributed by atoms with Crippen molar-refractivity contribution in [3.8, 4) is 6.07 Å². The van der Waals surface area contributed by atoms with Gasteiger partial charge in [0, 0.05) is 38.3 Å². The van der Waals surface area contributed by atoms with E-state index in [4.69, 9.17) is 5.26 Å². The molecule has 1 fully saturated rings. The Bertz CT molecular complexity index is 495. The number of nitriles is 1. The molecule has 1 atom stereocenters. The van der Waals surface area contributed by atoms with Crippen molar-refractivity contribution in [2.75, 3.05) is 32.7 Å². The zero-order valence-electron chi connectivity index (χ0n) is 12.2. The number of hydrogen-bond acceptors (Lipinski definition) is 3. The Hall–Kier alpha value is -1.86. The van der Waals surface area contributed by atoms with Gasteiger partial charge in [0.15, 0.2) is 0 Å². The van der Waals surface area contributed by atoms with Crippen LogP contribution in [0.4, 0.5) is 0 Å². The molecule has 1 aliphatic heterocycles. The van der Waals surface area contributed by atoms with Crippen LogP contribution in [0.5, 0.6) is 0 Å². The third kappa shape index (κ3) is 3.58. The average Bonchev–Trinajstić information content (AvgIpc) is 2.48. The molecule has 0 saturated carbocycles. The minimum atomic E-state index is 0.0503. The molecule has 1 aromatic carbocycles. The van der Waals surface area contributed by atoms with Gasteiger partial charge in [-0.1, -0.05) is 17.7 Å². The zero-order valence-corrected chi connectivity index (χ0v) is 12.2. The van der Waals surface area contributed by atoms with Gasteiger partial charge >= 0.3 is 0 Å². The predicted molar refractivity (Wildman–Crippen MR) is 78.3 cm³/mol. The van der Waals surface area contributed by atoms with Crippen LogP contribution in [-0.2, 0) is 0 Å². The SMILES string of the molecule is Cc1ccc(C(=O)N2CCN(CC(C)C#N)CC2)cc1. The van der Waals surface area contributed by atoms with Gasteiger partial charge in [-0.25, -0.2) is 0 Å². The van der Waals surface area contributed by atoms with Crippen molar-refractivity contribution in [2.45, 2.75) is 13.8 Å². The first-order valence-electron chi connectivity index (χ1n) is 7.08. The van der Waals surface area contributed by atoms with Gasteiger partial charge in [0.2, 0.25) is 0 Å². The van der Waals surface area contributed by atoms with E-state index in [9.17, 15) is 4.79 Å². The summed E-state index contributed by atoms with van der Waals surface area (Å²) in [6.07, 6.45) is 0. The largest absolute Gasteiger partial charge is 0.336 e. The smallest absolute Gasteiger partial charge is 0.253 e. The maximum absolute atomic E-state index is 12.4. The molecule has 0 spiro atoms. The van der Waals surface area contributed by atoms with Crippen LogP contribution < -0.4 is 0 Å². The van der Waals surface area contributed by atoms with Crippen molar-refractivity contribution in [1.29, 1.82) is 5.26 Å². The summed E-state index contributed by atoms with van der Waals surface area (Å²) in [6.45, 7) is 7.93. The number of rotatable bonds is 3. The molecule has 0 aliphatic carbocycles. The summed E-state index contributed by atoms with van der Waals surface area (Å²) in [5.41, 5.74) is 1.92. The number of carbonyl (C=O) groups is 1. The average molecular weight is 271 g/mol. The van der Waals surface area contributed by atoms with E-state index >= 15 is 0 Å². The van der Waals surface area contributed by atoms with Crippen LogP contribution in [0.2, 0.25) is 0 Å². The molecule has 0 N–H and O–H groups in total. The van der Waals surface area contributed by atoms with E-state index in [2.05, 4.69) is 11.0 Å². The summed E-state index contributed by atoms with van der Waals surface area (Å²) >= 11 is 0. The Labute approximate surface area is 120 Å². The molecular weight excluding hydrogens is 250 g/mol. The molecule has 4 heteroatoms. The lowest BCUT2D eigenvalue weighted by Gasteiger charge is -2.35. The molecule has 4 nitrogen and oxygen atoms in total. The van der Waals surface area contributed by atoms with Crippen LogP contribution in [-0.4, -0.2) is 48.4 Å². The summed E-state index contributed by atoms with van der Waals surface area (Å²) in [5.74, 6) is 0.160. The van der Waals surface area contributed by atoms with Gasteiger partial charge in [-0.3, -0.25) is 9.69 Å². The maximum atomic E-state index is 12.4. The fraction of sp³-hybridized carbons (Fsp3) is 0.500. The highest BCUT2D eigenvalue weighted by Gasteiger charge is 2.22. The fourth-order valence-corrected chi connectivity index (χ4v) is 2.44. The Morgan fingerprint density at radius 3 is 2.40 bits per heavy atom. The van der Waals surface area contributed by atoms with Crippen molar-refractivity contribution < 1.29 is 4.79 Å². The van der Waals surface area contributed by atoms with Gasteiger partial charge in [-0.05, 0) is 26.0 Å². The molecule has 1 saturated heterocycles. The minimum absolute atomic E-state index is 0.0503. The van der Waals surface area contributed by atoms with Crippen LogP contribution in [0.15, 0.2) is 24.3 Å². The van der Waals surface area contributed by atoms with E-state index < -0.39 is 0 Å². The third-order valence-corrected chi connectivity index (χ3v) is 3.71. The molecule has 106 valence electrons. The summed E-state index contributed by atoms with van der Waals surface area (Å²) in [7, 11) is 0. The van der Waals surface area contributed by atoms with Crippen molar-refractivity contribution >= 4 is 5.91 Å². The molecule has 2 rings (SSSR count). The van der Waals surface area contributed by atoms with Crippen LogP contribution >= 0.6 is 0 Å². The van der Waals surface area contributed by atoms with E-state index in [1.807, 2.05) is 43.0 Å². The molecule has 1 heterocycles. The number of hydrogen-bond donors (Lipinski definition) is 0. The molecule has 0 bridgehead atoms. The monoisotopic (exact) mass is 271 g/mol. The van der Waals surface area contributed by atoms with Gasteiger partial charge in [0.1, 0.15) is 0 Å². The molecule has 0 aromatic heterocycles. The minimum Gasteiger partial charge on any atom is -0.336 e. The third-order valence-electron chi connectivity index (χ3n) is 3.71. The number of amides is 1. The number of aryl methyl sites for hydroxylation is 1. The summed E-state index contributed by atoms with van der Waals surface area (Å²) in [6, 6.07) is 9.98. The number of nitrogens with zero attached hydrogens (tertiary/aromatic N) is 3. The van der Waals surface area contributed by atoms with E-state index in [0.29, 0.717) is 0 Å². The molecule has 0 radical (unpaired) electrons. The van der Waals surface area contributed by atoms with Gasteiger partial charge < -0.3 is 4.90 Å². The Morgan fingerprint density at radius 1 is 1.25 bits per heavy atom. The predicted octanol–water partition coefficient (Wildman–Crippen LogP) is 1.91. The number of piperazine rings is 1. The van der Waals surface area contributed by atoms with Crippen LogP contribution in [0.1, 0.15) is 22.8 Å². The fourth-order valence-electron chi connectivity index (χ4n) is 2.44. The highest BCUT2D eigenvalue weighted by molar-refractivity contribution is 5.94. The van der Waals surface area contributed by atoms with Crippen molar-refractivity contribution in [2.24, 2.45) is 5.92 Å². The lowest BCUT2D eigenvalue weighted by molar-refractivity contribution is 0.0629. The molecule has 1 unspecified atom stereocenters. The highest BCUT2D eigenvalue weighted by Crippen LogP contribution is 2.11. The van der Waals surface area contributed by atoms with E-state index in [1.165, 1.54) is 0 Å². The topological polar surface area (TPSA) is 47.3 Å². The molecule has 20 heavy (non-hydrogen) atoms. The van der Waals surface area contributed by atoms with Gasteiger partial charge in [-0.15, -0.1) is 0 Å². The van der Waals surface area contributed by atoms with Crippen LogP contribution in [0.3, 0.4) is 0 Å². The zero-order chi connectivity index (χ0) is 14.5. The molecule has 1 aliphatic rings. The first-order valence-corrected chi connectivity index (χ1v) is 7.08. The van der Waals surface area contributed by atoms with Crippen molar-refractivity contribution in [3.05, 3.63) is 35.4 Å². The van der Waals surface area contributed by atoms with Crippen LogP contribution in [0.25, 0.3) is 0 Å². The standard InChI is InChI=1S/C16H21N3O/c1-13-3-5-15(6-4-13)16(20)19-9-7-18(8-10-19)12-14(2)11-17/h3-6,14H,7-10,12H2,1-2H3. The first kappa shape index (κ1) is 14.5. The van der Waals surface area contributed by atoms with Gasteiger partial charge in [0.05, 0.1) is 12.0 Å². The Balaban J connectivity index is 1.89. The number of benzene rings is 1. The number of carbonyl (C=O) groups excluding carboxylic acids is 1. The second-order valence-corrected chi connectivity index (χ2v) is 5.49. The summed E-state index contributed by atoms with van der Waals surface area (Å²) < 4.78 is 0. The summed E-state index contributed by atoms with van der Waals surface area (Å²) in [4.78, 5) is 16.5. The lowest BCUT2D eigenvalue weighted by Crippen LogP contribution is -2.49. The quantitative estimate of drug-likeness (QED) is 0.843. The van der Waals surface area contributed by atoms with Crippen molar-refractivity contribution in [1.82, 2.24) is 9.80 Å². The second kappa shape index (κ2) is 6.53. The normalized spacial score (nSPS) is 17.6. The van der Waals surface area contributed by atoms with E-state index in [-0.39, 0.29) is 11.8 Å². The molecular formula is C16H21N3O. The second-order valence-electron chi connectivity index (χ2n) is 5.49. The van der Waals surface area contributed by atoms with Crippen molar-refractivity contribution in [3.63, 3.8) is 0 Å². The summed E-state index contributed by atoms with van der Waals surface area (Å²) in [5, 5.41) is 8.84. The Morgan fingerprint density at radius 2 is 1.85 bits per heavy atom. The van der Waals surface area contributed by atoms with Gasteiger partial charge in [-0.2, -0.15) is 5.26 Å². The molecule has 1 amide bonds. The van der Waals surface area contributed by atoms with E-state index in [1.54, 1.807) is 0 Å². The first-order chi connectivity index (χ1) is 9.60. The Kier molecular flexibility index (Phi) is 4.75.